The van der Waals surface area contributed by atoms with Crippen molar-refractivity contribution in [3.63, 3.8) is 0 Å². The molecule has 16 heavy (non-hydrogen) atoms. The van der Waals surface area contributed by atoms with E-state index in [-0.39, 0.29) is 0 Å². The Morgan fingerprint density at radius 2 is 2.19 bits per heavy atom. The number of anilines is 1. The molecule has 0 spiro atoms. The maximum Gasteiger partial charge on any atom is 0.341 e. The second kappa shape index (κ2) is 3.50. The van der Waals surface area contributed by atoms with E-state index < -0.39 is 6.03 Å². The summed E-state index contributed by atoms with van der Waals surface area (Å²) in [5.74, 6) is 1.36. The van der Waals surface area contributed by atoms with E-state index in [1.54, 1.807) is 0 Å². The predicted molar refractivity (Wildman–Crippen MR) is 60.6 cm³/mol. The molecule has 0 unspecified atom stereocenters. The number of amides is 1. The number of nitrogens with two attached hydrogens (primary N) is 1. The highest BCUT2D eigenvalue weighted by molar-refractivity contribution is 5.79. The van der Waals surface area contributed by atoms with Gasteiger partial charge in [0.2, 0.25) is 0 Å². The average Bonchev–Trinajstić information content (AvgIpc) is 2.93. The van der Waals surface area contributed by atoms with Crippen LogP contribution in [0, 0.1) is 0 Å². The number of hydrogen-bond donors (Lipinski definition) is 2. The number of rotatable bonds is 1. The summed E-state index contributed by atoms with van der Waals surface area (Å²) < 4.78 is 1.33. The van der Waals surface area contributed by atoms with Gasteiger partial charge in [-0.15, -0.1) is 0 Å². The third-order valence-electron chi connectivity index (χ3n) is 3.63. The lowest BCUT2D eigenvalue weighted by Gasteiger charge is -2.06. The van der Waals surface area contributed by atoms with Crippen LogP contribution in [-0.4, -0.2) is 22.4 Å². The molecule has 3 rings (SSSR count). The molecule has 5 nitrogen and oxygen atoms in total. The molecule has 1 aliphatic heterocycles. The highest BCUT2D eigenvalue weighted by atomic mass is 16.2. The Labute approximate surface area is 94.0 Å². The van der Waals surface area contributed by atoms with Crippen molar-refractivity contribution in [1.82, 2.24) is 9.78 Å². The predicted octanol–water partition coefficient (Wildman–Crippen LogP) is 1.44. The molecule has 1 saturated carbocycles. The van der Waals surface area contributed by atoms with Gasteiger partial charge in [-0.3, -0.25) is 0 Å². The molecule has 2 aliphatic rings. The minimum atomic E-state index is -0.491. The Kier molecular flexibility index (Phi) is 2.12. The topological polar surface area (TPSA) is 72.9 Å². The Morgan fingerprint density at radius 1 is 1.44 bits per heavy atom. The van der Waals surface area contributed by atoms with Crippen molar-refractivity contribution >= 4 is 11.8 Å². The summed E-state index contributed by atoms with van der Waals surface area (Å²) in [4.78, 5) is 11.3. The number of carbonyl (C=O) groups excluding carboxylic acids is 1. The lowest BCUT2D eigenvalue weighted by Crippen LogP contribution is -2.22. The average molecular weight is 220 g/mol. The van der Waals surface area contributed by atoms with Crippen LogP contribution in [0.1, 0.15) is 42.9 Å². The molecule has 1 fully saturated rings. The fraction of sp³-hybridized carbons (Fsp3) is 0.636. The van der Waals surface area contributed by atoms with E-state index in [0.29, 0.717) is 5.92 Å². The third-order valence-corrected chi connectivity index (χ3v) is 3.63. The molecule has 86 valence electrons. The minimum Gasteiger partial charge on any atom is -0.369 e. The zero-order chi connectivity index (χ0) is 11.1. The summed E-state index contributed by atoms with van der Waals surface area (Å²) in [5, 5.41) is 7.59. The normalized spacial score (nSPS) is 19.8. The van der Waals surface area contributed by atoms with Crippen LogP contribution in [0.4, 0.5) is 10.6 Å². The molecule has 0 saturated heterocycles. The number of hydrogen-bond acceptors (Lipinski definition) is 3. The molecule has 1 aromatic heterocycles. The van der Waals surface area contributed by atoms with Gasteiger partial charge in [0.1, 0.15) is 5.82 Å². The molecule has 2 heterocycles. The van der Waals surface area contributed by atoms with Crippen LogP contribution in [0.25, 0.3) is 0 Å². The van der Waals surface area contributed by atoms with Gasteiger partial charge in [0.05, 0.1) is 5.69 Å². The third kappa shape index (κ3) is 1.31. The van der Waals surface area contributed by atoms with Gasteiger partial charge in [-0.05, 0) is 19.3 Å². The first-order valence-corrected chi connectivity index (χ1v) is 5.93. The molecule has 1 amide bonds. The fourth-order valence-electron chi connectivity index (χ4n) is 2.89. The van der Waals surface area contributed by atoms with Gasteiger partial charge < -0.3 is 11.1 Å². The van der Waals surface area contributed by atoms with Crippen LogP contribution in [0.2, 0.25) is 0 Å². The Bertz CT molecular complexity index is 431. The monoisotopic (exact) mass is 220 g/mol. The van der Waals surface area contributed by atoms with Crippen molar-refractivity contribution < 1.29 is 4.79 Å². The molecular weight excluding hydrogens is 204 g/mol. The Morgan fingerprint density at radius 3 is 2.88 bits per heavy atom. The first kappa shape index (κ1) is 9.69. The molecule has 0 aromatic carbocycles. The summed E-state index contributed by atoms with van der Waals surface area (Å²) in [6.45, 7) is 0.889. The smallest absolute Gasteiger partial charge is 0.341 e. The molecule has 1 aromatic rings. The fourth-order valence-corrected chi connectivity index (χ4v) is 2.89. The van der Waals surface area contributed by atoms with Crippen LogP contribution in [0.3, 0.4) is 0 Å². The molecular formula is C11H16N4O. The summed E-state index contributed by atoms with van der Waals surface area (Å²) in [6.07, 6.45) is 5.91. The summed E-state index contributed by atoms with van der Waals surface area (Å²) >= 11 is 0. The number of nitrogens with zero attached hydrogens (tertiary/aromatic N) is 2. The molecule has 0 bridgehead atoms. The molecule has 0 radical (unpaired) electrons. The van der Waals surface area contributed by atoms with Crippen LogP contribution in [0.5, 0.6) is 0 Å². The highest BCUT2D eigenvalue weighted by Crippen LogP contribution is 2.38. The van der Waals surface area contributed by atoms with Gasteiger partial charge in [0.15, 0.2) is 0 Å². The summed E-state index contributed by atoms with van der Waals surface area (Å²) in [7, 11) is 0. The second-order valence-corrected chi connectivity index (χ2v) is 4.62. The van der Waals surface area contributed by atoms with Crippen molar-refractivity contribution in [2.75, 3.05) is 11.9 Å². The van der Waals surface area contributed by atoms with Gasteiger partial charge in [0.25, 0.3) is 0 Å². The van der Waals surface area contributed by atoms with E-state index in [9.17, 15) is 4.79 Å². The number of fused-ring (bicyclic) bond motifs is 1. The van der Waals surface area contributed by atoms with E-state index in [0.717, 1.165) is 24.5 Å². The quantitative estimate of drug-likeness (QED) is 0.752. The van der Waals surface area contributed by atoms with Crippen LogP contribution in [-0.2, 0) is 6.42 Å². The largest absolute Gasteiger partial charge is 0.369 e. The highest BCUT2D eigenvalue weighted by Gasteiger charge is 2.30. The summed E-state index contributed by atoms with van der Waals surface area (Å²) in [5.41, 5.74) is 7.64. The van der Waals surface area contributed by atoms with Crippen LogP contribution in [0.15, 0.2) is 0 Å². The zero-order valence-electron chi connectivity index (χ0n) is 9.20. The van der Waals surface area contributed by atoms with Crippen molar-refractivity contribution in [2.24, 2.45) is 5.73 Å². The number of nitrogens with one attached hydrogen (secondary N) is 1. The first-order valence-electron chi connectivity index (χ1n) is 5.93. The molecule has 1 aliphatic carbocycles. The summed E-state index contributed by atoms with van der Waals surface area (Å²) in [6, 6.07) is -0.491. The SMILES string of the molecule is NC(=O)n1nc(C2CCCC2)c2c1NCC2. The van der Waals surface area contributed by atoms with Gasteiger partial charge in [-0.2, -0.15) is 9.78 Å². The second-order valence-electron chi connectivity index (χ2n) is 4.62. The van der Waals surface area contributed by atoms with Gasteiger partial charge in [-0.25, -0.2) is 4.79 Å². The standard InChI is InChI=1S/C11H16N4O/c12-11(16)15-10-8(5-6-13-10)9(14-15)7-3-1-2-4-7/h7,13H,1-6H2,(H2,12,16). The maximum absolute atomic E-state index is 11.3. The number of primary amides is 1. The van der Waals surface area contributed by atoms with Crippen molar-refractivity contribution in [2.45, 2.75) is 38.0 Å². The van der Waals surface area contributed by atoms with E-state index in [4.69, 9.17) is 5.73 Å². The van der Waals surface area contributed by atoms with Crippen molar-refractivity contribution in [1.29, 1.82) is 0 Å². The first-order chi connectivity index (χ1) is 7.77. The van der Waals surface area contributed by atoms with Crippen LogP contribution < -0.4 is 11.1 Å². The number of carbonyl (C=O) groups is 1. The Hall–Kier alpha value is -1.52. The van der Waals surface area contributed by atoms with E-state index >= 15 is 0 Å². The lowest BCUT2D eigenvalue weighted by molar-refractivity contribution is 0.248. The zero-order valence-corrected chi connectivity index (χ0v) is 9.20. The van der Waals surface area contributed by atoms with Crippen molar-refractivity contribution in [3.05, 3.63) is 11.3 Å². The van der Waals surface area contributed by atoms with E-state index in [1.165, 1.54) is 35.9 Å². The van der Waals surface area contributed by atoms with Gasteiger partial charge >= 0.3 is 6.03 Å². The Balaban J connectivity index is 2.05. The lowest BCUT2D eigenvalue weighted by atomic mass is 9.99. The molecule has 0 atom stereocenters. The van der Waals surface area contributed by atoms with E-state index in [2.05, 4.69) is 10.4 Å². The van der Waals surface area contributed by atoms with Crippen molar-refractivity contribution in [3.8, 4) is 0 Å². The van der Waals surface area contributed by atoms with Gasteiger partial charge in [0, 0.05) is 18.0 Å². The molecule has 3 N–H and O–H groups in total. The maximum atomic E-state index is 11.3. The number of aromatic nitrogens is 2. The van der Waals surface area contributed by atoms with E-state index in [1.807, 2.05) is 0 Å². The molecule has 5 heteroatoms. The van der Waals surface area contributed by atoms with Gasteiger partial charge in [-0.1, -0.05) is 12.8 Å². The minimum absolute atomic E-state index is 0.491. The van der Waals surface area contributed by atoms with Crippen LogP contribution >= 0.6 is 0 Å².